The first-order valence-electron chi connectivity index (χ1n) is 3.23. The van der Waals surface area contributed by atoms with Gasteiger partial charge in [0.2, 0.25) is 0 Å². The SMILES string of the molecule is N#Cc1c([O-])c(Cl)c(Cl)c([O-])c1C#N. The van der Waals surface area contributed by atoms with Crippen molar-refractivity contribution in [3.05, 3.63) is 21.2 Å². The van der Waals surface area contributed by atoms with E-state index in [1.165, 1.54) is 12.1 Å². The minimum Gasteiger partial charge on any atom is -0.871 e. The lowest BCUT2D eigenvalue weighted by Gasteiger charge is -2.20. The van der Waals surface area contributed by atoms with E-state index in [1.807, 2.05) is 0 Å². The number of nitriles is 2. The molecule has 0 heterocycles. The van der Waals surface area contributed by atoms with E-state index < -0.39 is 32.7 Å². The molecule has 6 heteroatoms. The van der Waals surface area contributed by atoms with Gasteiger partial charge in [-0.3, -0.25) is 0 Å². The van der Waals surface area contributed by atoms with E-state index in [4.69, 9.17) is 33.7 Å². The summed E-state index contributed by atoms with van der Waals surface area (Å²) in [6.07, 6.45) is 0. The highest BCUT2D eigenvalue weighted by atomic mass is 35.5. The summed E-state index contributed by atoms with van der Waals surface area (Å²) in [6.45, 7) is 0. The molecule has 70 valence electrons. The number of nitrogens with zero attached hydrogens (tertiary/aromatic N) is 2. The topological polar surface area (TPSA) is 93.7 Å². The molecule has 1 aromatic rings. The van der Waals surface area contributed by atoms with Crippen molar-refractivity contribution in [1.82, 2.24) is 0 Å². The van der Waals surface area contributed by atoms with Crippen LogP contribution in [0.15, 0.2) is 0 Å². The number of rotatable bonds is 0. The van der Waals surface area contributed by atoms with Crippen molar-refractivity contribution in [3.8, 4) is 23.6 Å². The number of halogens is 2. The van der Waals surface area contributed by atoms with Gasteiger partial charge in [-0.05, 0) is 0 Å². The third-order valence-electron chi connectivity index (χ3n) is 1.52. The lowest BCUT2D eigenvalue weighted by atomic mass is 10.1. The molecule has 0 aliphatic carbocycles. The molecule has 0 saturated heterocycles. The van der Waals surface area contributed by atoms with Gasteiger partial charge >= 0.3 is 0 Å². The molecular weight excluding hydrogens is 227 g/mol. The average molecular weight is 227 g/mol. The van der Waals surface area contributed by atoms with Crippen molar-refractivity contribution in [2.75, 3.05) is 0 Å². The first-order valence-corrected chi connectivity index (χ1v) is 3.99. The predicted octanol–water partition coefficient (Wildman–Crippen LogP) is 0.884. The summed E-state index contributed by atoms with van der Waals surface area (Å²) in [5, 5.41) is 38.5. The first kappa shape index (κ1) is 10.5. The standard InChI is InChI=1S/C8H2Cl2N2O2/c9-5-6(10)8(14)4(2-12)3(1-11)7(5)13/h13-14H/p-2. The molecule has 0 aromatic heterocycles. The molecular formula is C8Cl2N2O2-2. The second-order valence-corrected chi connectivity index (χ2v) is 3.02. The van der Waals surface area contributed by atoms with Gasteiger partial charge in [-0.1, -0.05) is 34.7 Å². The van der Waals surface area contributed by atoms with Gasteiger partial charge in [0.15, 0.2) is 0 Å². The fraction of sp³-hybridized carbons (Fsp3) is 0. The maximum absolute atomic E-state index is 11.2. The highest BCUT2D eigenvalue weighted by Crippen LogP contribution is 2.40. The minimum atomic E-state index is -0.893. The van der Waals surface area contributed by atoms with Crippen molar-refractivity contribution in [2.45, 2.75) is 0 Å². The number of hydrogen-bond acceptors (Lipinski definition) is 4. The summed E-state index contributed by atoms with van der Waals surface area (Å²) >= 11 is 10.8. The molecule has 0 radical (unpaired) electrons. The van der Waals surface area contributed by atoms with Crippen LogP contribution in [0.5, 0.6) is 11.5 Å². The first-order chi connectivity index (χ1) is 6.54. The van der Waals surface area contributed by atoms with Crippen LogP contribution in [0.1, 0.15) is 11.1 Å². The van der Waals surface area contributed by atoms with Crippen molar-refractivity contribution in [2.24, 2.45) is 0 Å². The van der Waals surface area contributed by atoms with E-state index in [0.29, 0.717) is 0 Å². The fourth-order valence-corrected chi connectivity index (χ4v) is 1.22. The zero-order valence-electron chi connectivity index (χ0n) is 6.47. The predicted molar refractivity (Wildman–Crippen MR) is 44.8 cm³/mol. The van der Waals surface area contributed by atoms with E-state index in [0.717, 1.165) is 0 Å². The van der Waals surface area contributed by atoms with Crippen molar-refractivity contribution >= 4 is 23.2 Å². The average Bonchev–Trinajstić information content (AvgIpc) is 2.20. The van der Waals surface area contributed by atoms with Crippen LogP contribution >= 0.6 is 23.2 Å². The van der Waals surface area contributed by atoms with Gasteiger partial charge in [0.05, 0.1) is 33.3 Å². The van der Waals surface area contributed by atoms with E-state index >= 15 is 0 Å². The summed E-state index contributed by atoms with van der Waals surface area (Å²) < 4.78 is 0. The van der Waals surface area contributed by atoms with Gasteiger partial charge in [0.1, 0.15) is 0 Å². The third kappa shape index (κ3) is 1.31. The Hall–Kier alpha value is -1.62. The Labute approximate surface area is 89.1 Å². The van der Waals surface area contributed by atoms with Crippen molar-refractivity contribution in [3.63, 3.8) is 0 Å². The van der Waals surface area contributed by atoms with Gasteiger partial charge in [-0.15, -0.1) is 0 Å². The monoisotopic (exact) mass is 226 g/mol. The molecule has 0 atom stereocenters. The minimum absolute atomic E-state index is 0.521. The molecule has 0 unspecified atom stereocenters. The molecule has 1 aromatic carbocycles. The van der Waals surface area contributed by atoms with Gasteiger partial charge < -0.3 is 10.2 Å². The zero-order chi connectivity index (χ0) is 10.9. The lowest BCUT2D eigenvalue weighted by Crippen LogP contribution is -2.04. The highest BCUT2D eigenvalue weighted by Gasteiger charge is 2.11. The van der Waals surface area contributed by atoms with Crippen LogP contribution in [0, 0.1) is 22.7 Å². The van der Waals surface area contributed by atoms with E-state index in [9.17, 15) is 10.2 Å². The molecule has 14 heavy (non-hydrogen) atoms. The highest BCUT2D eigenvalue weighted by molar-refractivity contribution is 6.44. The Morgan fingerprint density at radius 3 is 1.36 bits per heavy atom. The van der Waals surface area contributed by atoms with E-state index in [2.05, 4.69) is 0 Å². The van der Waals surface area contributed by atoms with Crippen molar-refractivity contribution < 1.29 is 10.2 Å². The fourth-order valence-electron chi connectivity index (χ4n) is 0.859. The Morgan fingerprint density at radius 1 is 0.857 bits per heavy atom. The Morgan fingerprint density at radius 2 is 1.14 bits per heavy atom. The second-order valence-electron chi connectivity index (χ2n) is 2.26. The normalized spacial score (nSPS) is 9.14. The van der Waals surface area contributed by atoms with Crippen LogP contribution in [0.3, 0.4) is 0 Å². The lowest BCUT2D eigenvalue weighted by molar-refractivity contribution is -0.274. The maximum atomic E-state index is 11.2. The summed E-state index contributed by atoms with van der Waals surface area (Å²) in [5.41, 5.74) is -1.13. The van der Waals surface area contributed by atoms with Crippen LogP contribution in [-0.2, 0) is 0 Å². The Bertz CT molecular complexity index is 441. The molecule has 0 saturated carbocycles. The smallest absolute Gasteiger partial charge is 0.0999 e. The van der Waals surface area contributed by atoms with Crippen LogP contribution in [0.25, 0.3) is 0 Å². The van der Waals surface area contributed by atoms with Crippen LogP contribution < -0.4 is 10.2 Å². The third-order valence-corrected chi connectivity index (χ3v) is 2.34. The Balaban J connectivity index is 3.79. The molecule has 1 rings (SSSR count). The molecule has 0 fully saturated rings. The summed E-state index contributed by atoms with van der Waals surface area (Å²) in [5.74, 6) is -1.79. The molecule has 4 nitrogen and oxygen atoms in total. The van der Waals surface area contributed by atoms with Crippen LogP contribution in [0.2, 0.25) is 10.0 Å². The molecule has 0 spiro atoms. The second kappa shape index (κ2) is 3.63. The maximum Gasteiger partial charge on any atom is 0.0999 e. The van der Waals surface area contributed by atoms with Crippen LogP contribution in [0.4, 0.5) is 0 Å². The number of benzene rings is 1. The number of hydrogen-bond donors (Lipinski definition) is 0. The summed E-state index contributed by atoms with van der Waals surface area (Å²) in [7, 11) is 0. The van der Waals surface area contributed by atoms with E-state index in [1.54, 1.807) is 0 Å². The molecule has 0 bridgehead atoms. The van der Waals surface area contributed by atoms with Gasteiger partial charge in [0, 0.05) is 0 Å². The summed E-state index contributed by atoms with van der Waals surface area (Å²) in [4.78, 5) is 0. The summed E-state index contributed by atoms with van der Waals surface area (Å²) in [6, 6.07) is 2.89. The molecule has 0 aliphatic heterocycles. The largest absolute Gasteiger partial charge is 0.871 e. The molecule has 0 aliphatic rings. The van der Waals surface area contributed by atoms with Crippen molar-refractivity contribution in [1.29, 1.82) is 10.5 Å². The van der Waals surface area contributed by atoms with Gasteiger partial charge in [0.25, 0.3) is 0 Å². The van der Waals surface area contributed by atoms with Gasteiger partial charge in [-0.25, -0.2) is 0 Å². The molecule has 0 N–H and O–H groups in total. The quantitative estimate of drug-likeness (QED) is 0.657. The Kier molecular flexibility index (Phi) is 2.71. The van der Waals surface area contributed by atoms with Crippen LogP contribution in [-0.4, -0.2) is 0 Å². The zero-order valence-corrected chi connectivity index (χ0v) is 7.98. The van der Waals surface area contributed by atoms with E-state index in [-0.39, 0.29) is 0 Å². The molecule has 0 amide bonds. The van der Waals surface area contributed by atoms with Gasteiger partial charge in [-0.2, -0.15) is 10.5 Å².